The van der Waals surface area contributed by atoms with Gasteiger partial charge in [0, 0.05) is 19.1 Å². The lowest BCUT2D eigenvalue weighted by Crippen LogP contribution is -2.32. The van der Waals surface area contributed by atoms with Gasteiger partial charge in [-0.3, -0.25) is 0 Å². The summed E-state index contributed by atoms with van der Waals surface area (Å²) in [6.07, 6.45) is 2.99. The van der Waals surface area contributed by atoms with Gasteiger partial charge in [-0.15, -0.1) is 0 Å². The molecule has 6 heteroatoms. The monoisotopic (exact) mass is 308 g/mol. The molecule has 1 unspecified atom stereocenters. The molecule has 0 saturated carbocycles. The molecule has 1 aromatic carbocycles. The van der Waals surface area contributed by atoms with Crippen LogP contribution in [-0.4, -0.2) is 44.5 Å². The number of rotatable bonds is 1. The molecule has 3 aliphatic rings. The van der Waals surface area contributed by atoms with E-state index in [0.29, 0.717) is 29.8 Å². The summed E-state index contributed by atoms with van der Waals surface area (Å²) < 4.78 is 33.5. The molecule has 4 rings (SSSR count). The molecule has 2 bridgehead atoms. The predicted molar refractivity (Wildman–Crippen MR) is 80.3 cm³/mol. The molecule has 1 aromatic rings. The van der Waals surface area contributed by atoms with Gasteiger partial charge >= 0.3 is 0 Å². The van der Waals surface area contributed by atoms with Crippen molar-refractivity contribution in [3.05, 3.63) is 18.2 Å². The first kappa shape index (κ1) is 13.4. The molecular formula is C15H20N2O3S. The van der Waals surface area contributed by atoms with Gasteiger partial charge < -0.3 is 9.64 Å². The second-order valence-electron chi connectivity index (χ2n) is 6.18. The van der Waals surface area contributed by atoms with Crippen LogP contribution in [0.15, 0.2) is 23.1 Å². The Morgan fingerprint density at radius 1 is 1.24 bits per heavy atom. The van der Waals surface area contributed by atoms with Gasteiger partial charge in [0.25, 0.3) is 0 Å². The van der Waals surface area contributed by atoms with Crippen molar-refractivity contribution in [2.24, 2.45) is 0 Å². The highest BCUT2D eigenvalue weighted by atomic mass is 32.2. The van der Waals surface area contributed by atoms with E-state index in [0.717, 1.165) is 31.5 Å². The van der Waals surface area contributed by atoms with E-state index in [4.69, 9.17) is 4.74 Å². The van der Waals surface area contributed by atoms with Crippen LogP contribution >= 0.6 is 0 Å². The van der Waals surface area contributed by atoms with Crippen molar-refractivity contribution in [2.75, 3.05) is 24.5 Å². The second-order valence-corrected chi connectivity index (χ2v) is 8.06. The fourth-order valence-corrected chi connectivity index (χ4v) is 5.48. The topological polar surface area (TPSA) is 49.9 Å². The van der Waals surface area contributed by atoms with Crippen LogP contribution in [0.5, 0.6) is 5.75 Å². The Bertz CT molecular complexity index is 673. The number of ether oxygens (including phenoxy) is 1. The zero-order valence-electron chi connectivity index (χ0n) is 12.2. The van der Waals surface area contributed by atoms with Crippen LogP contribution in [0.25, 0.3) is 0 Å². The number of nitrogens with zero attached hydrogens (tertiary/aromatic N) is 2. The van der Waals surface area contributed by atoms with E-state index in [1.54, 1.807) is 10.4 Å². The van der Waals surface area contributed by atoms with Crippen LogP contribution in [0.2, 0.25) is 0 Å². The van der Waals surface area contributed by atoms with Crippen LogP contribution in [-0.2, 0) is 10.0 Å². The summed E-state index contributed by atoms with van der Waals surface area (Å²) in [5.74, 6) is 0.527. The van der Waals surface area contributed by atoms with Crippen molar-refractivity contribution in [1.29, 1.82) is 0 Å². The van der Waals surface area contributed by atoms with Gasteiger partial charge in [-0.25, -0.2) is 8.42 Å². The molecule has 0 aromatic heterocycles. The third-order valence-corrected chi connectivity index (χ3v) is 6.76. The van der Waals surface area contributed by atoms with E-state index in [9.17, 15) is 8.42 Å². The standard InChI is InChI=1S/C15H20N2O3S/c1-11-4-3-8-17(11)13-5-2-6-14-15(13)21(18,19)16-9-7-12(10-16)20-14/h2,5-6,11-12H,3-4,7-10H2,1H3/t11-,12+/m0/s1. The molecule has 0 N–H and O–H groups in total. The van der Waals surface area contributed by atoms with Crippen molar-refractivity contribution in [1.82, 2.24) is 4.31 Å². The molecule has 3 atom stereocenters. The Labute approximate surface area is 125 Å². The van der Waals surface area contributed by atoms with E-state index in [1.165, 1.54) is 0 Å². The number of fused-ring (bicyclic) bond motifs is 3. The third-order valence-electron chi connectivity index (χ3n) is 4.82. The molecule has 0 radical (unpaired) electrons. The predicted octanol–water partition coefficient (Wildman–Crippen LogP) is 1.83. The highest BCUT2D eigenvalue weighted by molar-refractivity contribution is 7.89. The summed E-state index contributed by atoms with van der Waals surface area (Å²) in [5.41, 5.74) is 0.810. The molecule has 5 nitrogen and oxygen atoms in total. The van der Waals surface area contributed by atoms with Crippen molar-refractivity contribution in [3.63, 3.8) is 0 Å². The maximum atomic E-state index is 13.0. The Hall–Kier alpha value is -1.27. The van der Waals surface area contributed by atoms with Crippen LogP contribution in [0.4, 0.5) is 5.69 Å². The van der Waals surface area contributed by atoms with E-state index in [2.05, 4.69) is 11.8 Å². The number of sulfonamides is 1. The molecule has 2 fully saturated rings. The Morgan fingerprint density at radius 3 is 2.86 bits per heavy atom. The lowest BCUT2D eigenvalue weighted by atomic mass is 10.2. The minimum absolute atomic E-state index is 0.00715. The maximum absolute atomic E-state index is 13.0. The first-order chi connectivity index (χ1) is 10.1. The Balaban J connectivity index is 1.91. The van der Waals surface area contributed by atoms with Gasteiger partial charge in [0.2, 0.25) is 10.0 Å². The largest absolute Gasteiger partial charge is 0.487 e. The van der Waals surface area contributed by atoms with Gasteiger partial charge in [0.15, 0.2) is 0 Å². The summed E-state index contributed by atoms with van der Waals surface area (Å²) in [6, 6.07) is 5.99. The fourth-order valence-electron chi connectivity index (χ4n) is 3.69. The summed E-state index contributed by atoms with van der Waals surface area (Å²) in [4.78, 5) is 2.58. The minimum Gasteiger partial charge on any atom is -0.487 e. The third kappa shape index (κ3) is 1.96. The van der Waals surface area contributed by atoms with E-state index in [-0.39, 0.29) is 6.10 Å². The maximum Gasteiger partial charge on any atom is 0.248 e. The van der Waals surface area contributed by atoms with E-state index >= 15 is 0 Å². The van der Waals surface area contributed by atoms with Crippen molar-refractivity contribution < 1.29 is 13.2 Å². The summed E-state index contributed by atoms with van der Waals surface area (Å²) in [7, 11) is -3.45. The van der Waals surface area contributed by atoms with Gasteiger partial charge in [-0.2, -0.15) is 4.31 Å². The van der Waals surface area contributed by atoms with Gasteiger partial charge in [0.05, 0.1) is 12.2 Å². The number of hydrogen-bond donors (Lipinski definition) is 0. The lowest BCUT2D eigenvalue weighted by Gasteiger charge is -2.28. The van der Waals surface area contributed by atoms with Crippen molar-refractivity contribution in [2.45, 2.75) is 43.2 Å². The van der Waals surface area contributed by atoms with Gasteiger partial charge in [0.1, 0.15) is 16.7 Å². The SMILES string of the molecule is C[C@H]1CCCN1c1cccc2c1S(=O)(=O)N1CC[C@H](C1)O2. The highest BCUT2D eigenvalue weighted by Gasteiger charge is 2.42. The molecule has 0 spiro atoms. The molecule has 114 valence electrons. The van der Waals surface area contributed by atoms with Crippen LogP contribution in [0.1, 0.15) is 26.2 Å². The summed E-state index contributed by atoms with van der Waals surface area (Å²) in [5, 5.41) is 0. The molecule has 21 heavy (non-hydrogen) atoms. The molecular weight excluding hydrogens is 288 g/mol. The van der Waals surface area contributed by atoms with Crippen LogP contribution in [0.3, 0.4) is 0 Å². The number of anilines is 1. The first-order valence-electron chi connectivity index (χ1n) is 7.64. The molecule has 3 heterocycles. The fraction of sp³-hybridized carbons (Fsp3) is 0.600. The zero-order valence-corrected chi connectivity index (χ0v) is 13.0. The second kappa shape index (κ2) is 4.61. The zero-order chi connectivity index (χ0) is 14.6. The Kier molecular flexibility index (Phi) is 2.94. The minimum atomic E-state index is -3.45. The molecule has 2 saturated heterocycles. The van der Waals surface area contributed by atoms with Gasteiger partial charge in [-0.1, -0.05) is 6.07 Å². The summed E-state index contributed by atoms with van der Waals surface area (Å²) in [6.45, 7) is 4.11. The lowest BCUT2D eigenvalue weighted by molar-refractivity contribution is 0.215. The molecule has 0 amide bonds. The highest BCUT2D eigenvalue weighted by Crippen LogP contribution is 2.42. The van der Waals surface area contributed by atoms with E-state index in [1.807, 2.05) is 12.1 Å². The molecule has 0 aliphatic carbocycles. The first-order valence-corrected chi connectivity index (χ1v) is 9.08. The molecule has 3 aliphatic heterocycles. The average Bonchev–Trinajstić information content (AvgIpc) is 3.05. The number of hydrogen-bond acceptors (Lipinski definition) is 4. The summed E-state index contributed by atoms with van der Waals surface area (Å²) >= 11 is 0. The normalized spacial score (nSPS) is 33.4. The number of benzene rings is 1. The van der Waals surface area contributed by atoms with Crippen LogP contribution < -0.4 is 9.64 Å². The van der Waals surface area contributed by atoms with Crippen LogP contribution in [0, 0.1) is 0 Å². The Morgan fingerprint density at radius 2 is 2.10 bits per heavy atom. The van der Waals surface area contributed by atoms with Crippen molar-refractivity contribution in [3.8, 4) is 5.75 Å². The quantitative estimate of drug-likeness (QED) is 0.794. The van der Waals surface area contributed by atoms with Gasteiger partial charge in [-0.05, 0) is 38.3 Å². The average molecular weight is 308 g/mol. The van der Waals surface area contributed by atoms with Crippen molar-refractivity contribution >= 4 is 15.7 Å². The smallest absolute Gasteiger partial charge is 0.248 e. The van der Waals surface area contributed by atoms with E-state index < -0.39 is 10.0 Å².